The standard InChI is InChI=1S/C21H19ClN2O4/c1-14(21(26)24-15-7-3-2-4-8-15)27-20(25)12-11-19-23-13-18(28-19)16-9-5-6-10-17(16)22/h2-10,13-14H,11-12H2,1H3,(H,24,26). The van der Waals surface area contributed by atoms with E-state index in [1.807, 2.05) is 24.3 Å². The normalized spacial score (nSPS) is 11.6. The second kappa shape index (κ2) is 9.19. The maximum absolute atomic E-state index is 12.1. The molecule has 0 fully saturated rings. The minimum Gasteiger partial charge on any atom is -0.453 e. The molecule has 3 aromatic rings. The summed E-state index contributed by atoms with van der Waals surface area (Å²) in [5.74, 6) is 0.0303. The highest BCUT2D eigenvalue weighted by molar-refractivity contribution is 6.33. The molecule has 1 aromatic heterocycles. The summed E-state index contributed by atoms with van der Waals surface area (Å²) in [4.78, 5) is 28.3. The summed E-state index contributed by atoms with van der Waals surface area (Å²) >= 11 is 6.14. The third-order valence-corrected chi connectivity index (χ3v) is 4.28. The molecule has 0 aliphatic heterocycles. The molecule has 2 aromatic carbocycles. The fourth-order valence-corrected chi connectivity index (χ4v) is 2.72. The molecule has 0 aliphatic carbocycles. The van der Waals surface area contributed by atoms with Gasteiger partial charge in [0.25, 0.3) is 5.91 Å². The van der Waals surface area contributed by atoms with Crippen molar-refractivity contribution in [2.45, 2.75) is 25.9 Å². The molecule has 6 nitrogen and oxygen atoms in total. The highest BCUT2D eigenvalue weighted by Crippen LogP contribution is 2.28. The third-order valence-electron chi connectivity index (χ3n) is 3.95. The van der Waals surface area contributed by atoms with Crippen LogP contribution in [-0.2, 0) is 20.7 Å². The molecule has 0 radical (unpaired) electrons. The Morgan fingerprint density at radius 2 is 1.86 bits per heavy atom. The molecule has 1 unspecified atom stereocenters. The van der Waals surface area contributed by atoms with E-state index in [1.165, 1.54) is 6.92 Å². The maximum atomic E-state index is 12.1. The number of aryl methyl sites for hydroxylation is 1. The molecule has 0 spiro atoms. The number of hydrogen-bond donors (Lipinski definition) is 1. The Morgan fingerprint density at radius 3 is 2.61 bits per heavy atom. The Morgan fingerprint density at radius 1 is 1.14 bits per heavy atom. The molecule has 1 atom stereocenters. The maximum Gasteiger partial charge on any atom is 0.307 e. The van der Waals surface area contributed by atoms with Crippen LogP contribution in [0, 0.1) is 0 Å². The van der Waals surface area contributed by atoms with Crippen LogP contribution in [0.15, 0.2) is 65.2 Å². The SMILES string of the molecule is CC(OC(=O)CCc1ncc(-c2ccccc2Cl)o1)C(=O)Nc1ccccc1. The first-order valence-corrected chi connectivity index (χ1v) is 9.15. The molecule has 7 heteroatoms. The number of oxazole rings is 1. The largest absolute Gasteiger partial charge is 0.453 e. The molecule has 0 saturated heterocycles. The van der Waals surface area contributed by atoms with E-state index in [9.17, 15) is 9.59 Å². The van der Waals surface area contributed by atoms with Gasteiger partial charge in [0.2, 0.25) is 0 Å². The Kier molecular flexibility index (Phi) is 6.45. The van der Waals surface area contributed by atoms with Crippen molar-refractivity contribution in [3.8, 4) is 11.3 Å². The number of ether oxygens (including phenoxy) is 1. The van der Waals surface area contributed by atoms with Crippen LogP contribution < -0.4 is 5.32 Å². The first-order chi connectivity index (χ1) is 13.5. The summed E-state index contributed by atoms with van der Waals surface area (Å²) in [5.41, 5.74) is 1.37. The first kappa shape index (κ1) is 19.6. The lowest BCUT2D eigenvalue weighted by molar-refractivity contribution is -0.153. The molecule has 1 heterocycles. The zero-order valence-electron chi connectivity index (χ0n) is 15.2. The van der Waals surface area contributed by atoms with Gasteiger partial charge in [-0.15, -0.1) is 0 Å². The number of anilines is 1. The molecular weight excluding hydrogens is 380 g/mol. The van der Waals surface area contributed by atoms with Crippen molar-refractivity contribution in [2.24, 2.45) is 0 Å². The van der Waals surface area contributed by atoms with Gasteiger partial charge in [-0.25, -0.2) is 4.98 Å². The van der Waals surface area contributed by atoms with Gasteiger partial charge < -0.3 is 14.5 Å². The molecule has 1 amide bonds. The average Bonchev–Trinajstić information content (AvgIpc) is 3.16. The van der Waals surface area contributed by atoms with Crippen LogP contribution in [0.2, 0.25) is 5.02 Å². The predicted molar refractivity (Wildman–Crippen MR) is 106 cm³/mol. The van der Waals surface area contributed by atoms with Crippen molar-refractivity contribution < 1.29 is 18.7 Å². The summed E-state index contributed by atoms with van der Waals surface area (Å²) in [6.07, 6.45) is 0.968. The Balaban J connectivity index is 1.49. The fraction of sp³-hybridized carbons (Fsp3) is 0.190. The van der Waals surface area contributed by atoms with Gasteiger partial charge in [-0.1, -0.05) is 41.9 Å². The Bertz CT molecular complexity index is 956. The number of para-hydroxylation sites is 1. The highest BCUT2D eigenvalue weighted by Gasteiger charge is 2.18. The van der Waals surface area contributed by atoms with Crippen LogP contribution in [0.25, 0.3) is 11.3 Å². The van der Waals surface area contributed by atoms with Crippen LogP contribution in [0.1, 0.15) is 19.2 Å². The van der Waals surface area contributed by atoms with Crippen LogP contribution >= 0.6 is 11.6 Å². The zero-order valence-corrected chi connectivity index (χ0v) is 16.0. The minimum absolute atomic E-state index is 0.0471. The van der Waals surface area contributed by atoms with E-state index in [1.54, 1.807) is 36.5 Å². The van der Waals surface area contributed by atoms with Gasteiger partial charge in [0, 0.05) is 17.7 Å². The van der Waals surface area contributed by atoms with Crippen LogP contribution in [0.5, 0.6) is 0 Å². The van der Waals surface area contributed by atoms with Gasteiger partial charge in [-0.3, -0.25) is 9.59 Å². The topological polar surface area (TPSA) is 81.4 Å². The van der Waals surface area contributed by atoms with Crippen molar-refractivity contribution in [2.75, 3.05) is 5.32 Å². The number of rotatable bonds is 7. The van der Waals surface area contributed by atoms with Crippen LogP contribution in [0.3, 0.4) is 0 Å². The summed E-state index contributed by atoms with van der Waals surface area (Å²) in [7, 11) is 0. The third kappa shape index (κ3) is 5.20. The van der Waals surface area contributed by atoms with Gasteiger partial charge in [0.15, 0.2) is 17.8 Å². The lowest BCUT2D eigenvalue weighted by atomic mass is 10.2. The van der Waals surface area contributed by atoms with Gasteiger partial charge in [-0.05, 0) is 31.2 Å². The van der Waals surface area contributed by atoms with Crippen molar-refractivity contribution >= 4 is 29.2 Å². The lowest BCUT2D eigenvalue weighted by Crippen LogP contribution is -2.30. The number of benzene rings is 2. The smallest absolute Gasteiger partial charge is 0.307 e. The lowest BCUT2D eigenvalue weighted by Gasteiger charge is -2.13. The van der Waals surface area contributed by atoms with Crippen molar-refractivity contribution in [3.05, 3.63) is 71.7 Å². The minimum atomic E-state index is -0.907. The van der Waals surface area contributed by atoms with E-state index in [2.05, 4.69) is 10.3 Å². The Hall–Kier alpha value is -3.12. The van der Waals surface area contributed by atoms with Crippen molar-refractivity contribution in [1.82, 2.24) is 4.98 Å². The molecule has 0 saturated carbocycles. The molecule has 144 valence electrons. The molecular formula is C21H19ClN2O4. The number of halogens is 1. The number of nitrogens with one attached hydrogen (secondary N) is 1. The molecule has 28 heavy (non-hydrogen) atoms. The highest BCUT2D eigenvalue weighted by atomic mass is 35.5. The summed E-state index contributed by atoms with van der Waals surface area (Å²) in [6, 6.07) is 16.2. The van der Waals surface area contributed by atoms with Crippen LogP contribution in [0.4, 0.5) is 5.69 Å². The second-order valence-electron chi connectivity index (χ2n) is 6.09. The van der Waals surface area contributed by atoms with Gasteiger partial charge in [0.05, 0.1) is 17.6 Å². The second-order valence-corrected chi connectivity index (χ2v) is 6.49. The fourth-order valence-electron chi connectivity index (χ4n) is 2.50. The van der Waals surface area contributed by atoms with E-state index in [0.717, 1.165) is 5.56 Å². The van der Waals surface area contributed by atoms with Gasteiger partial charge in [-0.2, -0.15) is 0 Å². The molecule has 3 rings (SSSR count). The summed E-state index contributed by atoms with van der Waals surface area (Å²) in [5, 5.41) is 3.25. The average molecular weight is 399 g/mol. The zero-order chi connectivity index (χ0) is 19.9. The number of hydrogen-bond acceptors (Lipinski definition) is 5. The van der Waals surface area contributed by atoms with E-state index in [-0.39, 0.29) is 12.8 Å². The summed E-state index contributed by atoms with van der Waals surface area (Å²) < 4.78 is 10.8. The quantitative estimate of drug-likeness (QED) is 0.592. The monoisotopic (exact) mass is 398 g/mol. The number of amides is 1. The first-order valence-electron chi connectivity index (χ1n) is 8.78. The number of aromatic nitrogens is 1. The van der Waals surface area contributed by atoms with E-state index in [0.29, 0.717) is 22.4 Å². The number of esters is 1. The van der Waals surface area contributed by atoms with Crippen LogP contribution in [-0.4, -0.2) is 23.0 Å². The van der Waals surface area contributed by atoms with Gasteiger partial charge in [0.1, 0.15) is 0 Å². The molecule has 1 N–H and O–H groups in total. The predicted octanol–water partition coefficient (Wildman–Crippen LogP) is 4.50. The molecule has 0 bridgehead atoms. The number of nitrogens with zero attached hydrogens (tertiary/aromatic N) is 1. The van der Waals surface area contributed by atoms with E-state index in [4.69, 9.17) is 20.8 Å². The summed E-state index contributed by atoms with van der Waals surface area (Å²) in [6.45, 7) is 1.52. The Labute approximate surface area is 167 Å². The molecule has 0 aliphatic rings. The van der Waals surface area contributed by atoms with E-state index < -0.39 is 18.0 Å². The van der Waals surface area contributed by atoms with Gasteiger partial charge >= 0.3 is 5.97 Å². The van der Waals surface area contributed by atoms with Crippen molar-refractivity contribution in [3.63, 3.8) is 0 Å². The number of carbonyl (C=O) groups excluding carboxylic acids is 2. The van der Waals surface area contributed by atoms with Crippen molar-refractivity contribution in [1.29, 1.82) is 0 Å². The number of carbonyl (C=O) groups is 2. The van der Waals surface area contributed by atoms with E-state index >= 15 is 0 Å².